The molecule has 0 aliphatic heterocycles. The minimum absolute atomic E-state index is 0.383. The fourth-order valence-corrected chi connectivity index (χ4v) is 3.69. The zero-order chi connectivity index (χ0) is 20.4. The zero-order valence-electron chi connectivity index (χ0n) is 15.7. The van der Waals surface area contributed by atoms with E-state index in [1.807, 2.05) is 41.1 Å². The smallest absolute Gasteiger partial charge is 0.337 e. The largest absolute Gasteiger partial charge is 0.465 e. The van der Waals surface area contributed by atoms with Gasteiger partial charge in [-0.05, 0) is 52.5 Å². The maximum absolute atomic E-state index is 11.9. The molecule has 2 aromatic heterocycles. The first-order chi connectivity index (χ1) is 14.1. The van der Waals surface area contributed by atoms with E-state index in [1.54, 1.807) is 30.1 Å². The Kier molecular flexibility index (Phi) is 5.55. The molecule has 4 aromatic rings. The summed E-state index contributed by atoms with van der Waals surface area (Å²) in [5, 5.41) is 3.41. The van der Waals surface area contributed by atoms with Gasteiger partial charge in [0.1, 0.15) is 16.1 Å². The number of nitrogens with one attached hydrogen (secondary N) is 1. The van der Waals surface area contributed by atoms with Crippen molar-refractivity contribution in [3.8, 4) is 11.3 Å². The van der Waals surface area contributed by atoms with Crippen LogP contribution in [0.4, 0.5) is 11.5 Å². The average Bonchev–Trinajstić information content (AvgIpc) is 3.11. The second-order valence-corrected chi connectivity index (χ2v) is 7.87. The minimum atomic E-state index is -0.383. The van der Waals surface area contributed by atoms with E-state index < -0.39 is 0 Å². The van der Waals surface area contributed by atoms with Crippen molar-refractivity contribution in [2.45, 2.75) is 4.90 Å². The zero-order valence-corrected chi connectivity index (χ0v) is 18.1. The number of carbonyl (C=O) groups is 1. The van der Waals surface area contributed by atoms with Gasteiger partial charge in [-0.2, -0.15) is 0 Å². The maximum Gasteiger partial charge on any atom is 0.337 e. The van der Waals surface area contributed by atoms with E-state index >= 15 is 0 Å². The Morgan fingerprint density at radius 1 is 1.21 bits per heavy atom. The highest BCUT2D eigenvalue weighted by molar-refractivity contribution is 9.10. The molecular formula is C21H17BrN4O2S. The van der Waals surface area contributed by atoms with E-state index in [0.717, 1.165) is 22.8 Å². The van der Waals surface area contributed by atoms with Crippen molar-refractivity contribution in [3.63, 3.8) is 0 Å². The third kappa shape index (κ3) is 3.99. The number of benzene rings is 2. The summed E-state index contributed by atoms with van der Waals surface area (Å²) >= 11 is 5.12. The van der Waals surface area contributed by atoms with Crippen LogP contribution in [0.1, 0.15) is 10.4 Å². The fourth-order valence-electron chi connectivity index (χ4n) is 2.98. The molecule has 0 spiro atoms. The lowest BCUT2D eigenvalue weighted by Crippen LogP contribution is -2.03. The van der Waals surface area contributed by atoms with Crippen molar-refractivity contribution in [1.82, 2.24) is 14.4 Å². The van der Waals surface area contributed by atoms with Crippen LogP contribution in [0.3, 0.4) is 0 Å². The molecule has 0 unspecified atom stereocenters. The van der Waals surface area contributed by atoms with Crippen molar-refractivity contribution >= 4 is 50.8 Å². The number of hydrogen-bond donors (Lipinski definition) is 1. The molecule has 0 saturated heterocycles. The number of ether oxygens (including phenoxy) is 1. The average molecular weight is 469 g/mol. The van der Waals surface area contributed by atoms with Gasteiger partial charge in [0.25, 0.3) is 0 Å². The first kappa shape index (κ1) is 19.5. The summed E-state index contributed by atoms with van der Waals surface area (Å²) in [4.78, 5) is 22.1. The van der Waals surface area contributed by atoms with Gasteiger partial charge in [0.2, 0.25) is 0 Å². The lowest BCUT2D eigenvalue weighted by atomic mass is 10.1. The quantitative estimate of drug-likeness (QED) is 0.311. The van der Waals surface area contributed by atoms with Gasteiger partial charge in [0.05, 0.1) is 18.9 Å². The van der Waals surface area contributed by atoms with Crippen LogP contribution in [-0.2, 0) is 4.74 Å². The van der Waals surface area contributed by atoms with Crippen LogP contribution in [0, 0.1) is 0 Å². The molecule has 2 aromatic carbocycles. The highest BCUT2D eigenvalue weighted by atomic mass is 79.9. The molecular weight excluding hydrogens is 452 g/mol. The number of carbonyl (C=O) groups excluding carboxylic acids is 1. The molecule has 0 aliphatic rings. The molecule has 0 radical (unpaired) electrons. The molecule has 0 aliphatic carbocycles. The van der Waals surface area contributed by atoms with E-state index in [-0.39, 0.29) is 5.97 Å². The van der Waals surface area contributed by atoms with Gasteiger partial charge in [-0.1, -0.05) is 18.2 Å². The minimum Gasteiger partial charge on any atom is -0.465 e. The topological polar surface area (TPSA) is 68.5 Å². The lowest BCUT2D eigenvalue weighted by Gasteiger charge is -2.10. The fraction of sp³-hybridized carbons (Fsp3) is 0.0952. The van der Waals surface area contributed by atoms with E-state index in [1.165, 1.54) is 12.0 Å². The van der Waals surface area contributed by atoms with Crippen LogP contribution >= 0.6 is 27.7 Å². The van der Waals surface area contributed by atoms with Gasteiger partial charge >= 0.3 is 5.97 Å². The highest BCUT2D eigenvalue weighted by Gasteiger charge is 2.16. The van der Waals surface area contributed by atoms with E-state index in [0.29, 0.717) is 15.8 Å². The van der Waals surface area contributed by atoms with Gasteiger partial charge < -0.3 is 10.1 Å². The van der Waals surface area contributed by atoms with Gasteiger partial charge in [0.15, 0.2) is 5.65 Å². The Morgan fingerprint density at radius 2 is 2.00 bits per heavy atom. The summed E-state index contributed by atoms with van der Waals surface area (Å²) in [6.07, 6.45) is 5.61. The van der Waals surface area contributed by atoms with E-state index in [9.17, 15) is 4.79 Å². The molecule has 8 heteroatoms. The number of aromatic nitrogens is 3. The summed E-state index contributed by atoms with van der Waals surface area (Å²) in [6.45, 7) is 0. The lowest BCUT2D eigenvalue weighted by molar-refractivity contribution is 0.0601. The Labute approximate surface area is 180 Å². The monoisotopic (exact) mass is 468 g/mol. The van der Waals surface area contributed by atoms with E-state index in [2.05, 4.69) is 38.4 Å². The molecule has 146 valence electrons. The summed E-state index contributed by atoms with van der Waals surface area (Å²) in [5.41, 5.74) is 3.71. The van der Waals surface area contributed by atoms with Crippen LogP contribution in [0.15, 0.2) is 70.4 Å². The Balaban J connectivity index is 1.83. The predicted molar refractivity (Wildman–Crippen MR) is 119 cm³/mol. The van der Waals surface area contributed by atoms with Gasteiger partial charge in [0, 0.05) is 22.3 Å². The molecule has 2 heterocycles. The molecule has 0 bridgehead atoms. The second-order valence-electron chi connectivity index (χ2n) is 6.17. The molecule has 6 nitrogen and oxygen atoms in total. The Bertz CT molecular complexity index is 1190. The molecule has 4 rings (SSSR count). The van der Waals surface area contributed by atoms with Gasteiger partial charge in [-0.25, -0.2) is 14.8 Å². The van der Waals surface area contributed by atoms with Crippen molar-refractivity contribution in [2.24, 2.45) is 0 Å². The predicted octanol–water partition coefficient (Wildman–Crippen LogP) is 5.41. The van der Waals surface area contributed by atoms with Crippen LogP contribution in [0.5, 0.6) is 0 Å². The maximum atomic E-state index is 11.9. The number of halogens is 1. The van der Waals surface area contributed by atoms with Crippen molar-refractivity contribution in [3.05, 3.63) is 71.1 Å². The van der Waals surface area contributed by atoms with Crippen molar-refractivity contribution in [2.75, 3.05) is 18.7 Å². The Hall–Kier alpha value is -2.84. The van der Waals surface area contributed by atoms with Crippen LogP contribution in [-0.4, -0.2) is 33.7 Å². The highest BCUT2D eigenvalue weighted by Crippen LogP contribution is 2.32. The van der Waals surface area contributed by atoms with Crippen molar-refractivity contribution in [1.29, 1.82) is 0 Å². The third-order valence-electron chi connectivity index (χ3n) is 4.39. The normalized spacial score (nSPS) is 10.9. The number of fused-ring (bicyclic) bond motifs is 1. The summed E-state index contributed by atoms with van der Waals surface area (Å²) in [5.74, 6) is 0.397. The van der Waals surface area contributed by atoms with Crippen LogP contribution < -0.4 is 5.32 Å². The van der Waals surface area contributed by atoms with Crippen molar-refractivity contribution < 1.29 is 9.53 Å². The number of esters is 1. The molecule has 0 atom stereocenters. The van der Waals surface area contributed by atoms with E-state index in [4.69, 9.17) is 9.72 Å². The SMILES string of the molecule is COC(=O)c1cccc(Nc2c(-c3ccc(SC)cc3)nc3cnc(Br)cn23)c1. The van der Waals surface area contributed by atoms with Crippen LogP contribution in [0.2, 0.25) is 0 Å². The van der Waals surface area contributed by atoms with Gasteiger partial charge in [-0.3, -0.25) is 4.40 Å². The molecule has 1 N–H and O–H groups in total. The number of nitrogens with zero attached hydrogens (tertiary/aromatic N) is 3. The molecule has 0 amide bonds. The number of imidazole rings is 1. The molecule has 0 saturated carbocycles. The summed E-state index contributed by atoms with van der Waals surface area (Å²) in [7, 11) is 1.37. The standard InChI is InChI=1S/C21H17BrN4O2S/c1-28-21(27)14-4-3-5-15(10-14)24-20-19(13-6-8-16(29-2)9-7-13)25-18-11-23-17(22)12-26(18)20/h3-12,24H,1-2H3. The molecule has 29 heavy (non-hydrogen) atoms. The number of hydrogen-bond acceptors (Lipinski definition) is 6. The number of rotatable bonds is 5. The van der Waals surface area contributed by atoms with Gasteiger partial charge in [-0.15, -0.1) is 11.8 Å². The number of anilines is 2. The molecule has 0 fully saturated rings. The third-order valence-corrected chi connectivity index (χ3v) is 5.54. The summed E-state index contributed by atoms with van der Waals surface area (Å²) < 4.78 is 7.45. The van der Waals surface area contributed by atoms with Crippen LogP contribution in [0.25, 0.3) is 16.9 Å². The first-order valence-corrected chi connectivity index (χ1v) is 10.7. The second kappa shape index (κ2) is 8.26. The first-order valence-electron chi connectivity index (χ1n) is 8.72. The summed E-state index contributed by atoms with van der Waals surface area (Å²) in [6, 6.07) is 15.4. The number of thioether (sulfide) groups is 1. The Morgan fingerprint density at radius 3 is 2.72 bits per heavy atom. The number of methoxy groups -OCH3 is 1.